The van der Waals surface area contributed by atoms with Crippen molar-refractivity contribution in [2.75, 3.05) is 17.7 Å². The van der Waals surface area contributed by atoms with Crippen molar-refractivity contribution in [3.63, 3.8) is 0 Å². The van der Waals surface area contributed by atoms with Crippen LogP contribution in [0.25, 0.3) is 5.65 Å². The molecule has 11 heteroatoms. The Labute approximate surface area is 195 Å². The van der Waals surface area contributed by atoms with Crippen molar-refractivity contribution in [1.29, 1.82) is 0 Å². The summed E-state index contributed by atoms with van der Waals surface area (Å²) in [4.78, 5) is 30.5. The van der Waals surface area contributed by atoms with Gasteiger partial charge in [-0.05, 0) is 51.2 Å². The highest BCUT2D eigenvalue weighted by Crippen LogP contribution is 2.34. The van der Waals surface area contributed by atoms with E-state index in [-0.39, 0.29) is 23.6 Å². The van der Waals surface area contributed by atoms with Crippen LogP contribution < -0.4 is 21.5 Å². The monoisotopic (exact) mass is 469 g/mol. The molecule has 34 heavy (non-hydrogen) atoms. The minimum Gasteiger partial charge on any atom is -0.390 e. The molecule has 2 aliphatic carbocycles. The maximum Gasteiger partial charge on any atom is 0.274 e. The van der Waals surface area contributed by atoms with Crippen molar-refractivity contribution in [1.82, 2.24) is 24.5 Å². The van der Waals surface area contributed by atoms with Crippen molar-refractivity contribution < 1.29 is 14.3 Å². The van der Waals surface area contributed by atoms with Crippen molar-refractivity contribution in [3.05, 3.63) is 46.5 Å². The molecule has 0 unspecified atom stereocenters. The molecule has 3 heterocycles. The normalized spacial score (nSPS) is 26.3. The van der Waals surface area contributed by atoms with E-state index in [4.69, 9.17) is 0 Å². The highest BCUT2D eigenvalue weighted by molar-refractivity contribution is 6.00. The maximum absolute atomic E-state index is 13.3. The lowest BCUT2D eigenvalue weighted by Crippen LogP contribution is -2.35. The van der Waals surface area contributed by atoms with E-state index in [1.165, 1.54) is 10.7 Å². The zero-order valence-electron chi connectivity index (χ0n) is 19.1. The summed E-state index contributed by atoms with van der Waals surface area (Å²) >= 11 is 0. The fraction of sp³-hybridized carbons (Fsp3) is 0.478. The van der Waals surface area contributed by atoms with Crippen molar-refractivity contribution in [2.45, 2.75) is 62.9 Å². The molecule has 4 N–H and O–H groups in total. The Hall–Kier alpha value is -3.47. The molecule has 10 nitrogen and oxygen atoms in total. The Morgan fingerprint density at radius 3 is 2.82 bits per heavy atom. The van der Waals surface area contributed by atoms with Crippen LogP contribution in [0.1, 0.15) is 55.4 Å². The number of rotatable bonds is 6. The number of hydrogen-bond donors (Lipinski definition) is 4. The lowest BCUT2D eigenvalue weighted by atomic mass is 9.90. The molecule has 0 spiro atoms. The quantitative estimate of drug-likeness (QED) is 0.437. The van der Waals surface area contributed by atoms with Gasteiger partial charge >= 0.3 is 0 Å². The van der Waals surface area contributed by atoms with Crippen LogP contribution in [-0.2, 0) is 0 Å². The lowest BCUT2D eigenvalue weighted by Gasteiger charge is -2.31. The number of halogens is 1. The zero-order valence-corrected chi connectivity index (χ0v) is 19.1. The van der Waals surface area contributed by atoms with Crippen LogP contribution in [0.5, 0.6) is 0 Å². The molecule has 2 saturated carbocycles. The number of aliphatic hydroxyl groups is 1. The molecule has 5 rings (SSSR count). The number of amides is 1. The second kappa shape index (κ2) is 8.39. The van der Waals surface area contributed by atoms with Gasteiger partial charge < -0.3 is 25.6 Å². The van der Waals surface area contributed by atoms with Gasteiger partial charge in [-0.1, -0.05) is 0 Å². The van der Waals surface area contributed by atoms with Crippen LogP contribution in [0, 0.1) is 0 Å². The molecule has 0 aromatic carbocycles. The Morgan fingerprint density at radius 2 is 2.15 bits per heavy atom. The SMILES string of the molecule is CNc1cc(Nc2cccn(C3CC(F)C3)c2=O)nc2c(C(=O)N[C@H]3CC[C@](C)(O)C3)cnn12. The number of anilines is 3. The van der Waals surface area contributed by atoms with Gasteiger partial charge in [0.05, 0.1) is 11.8 Å². The topological polar surface area (TPSA) is 126 Å². The summed E-state index contributed by atoms with van der Waals surface area (Å²) in [5.74, 6) is 0.616. The summed E-state index contributed by atoms with van der Waals surface area (Å²) in [5.41, 5.74) is -0.108. The molecule has 0 radical (unpaired) electrons. The van der Waals surface area contributed by atoms with Crippen LogP contribution in [0.2, 0.25) is 0 Å². The number of fused-ring (bicyclic) bond motifs is 1. The summed E-state index contributed by atoms with van der Waals surface area (Å²) in [6, 6.07) is 4.80. The van der Waals surface area contributed by atoms with E-state index >= 15 is 0 Å². The molecule has 0 saturated heterocycles. The molecular formula is C23H28FN7O3. The number of pyridine rings is 1. The van der Waals surface area contributed by atoms with Gasteiger partial charge in [0.25, 0.3) is 11.5 Å². The van der Waals surface area contributed by atoms with E-state index in [9.17, 15) is 19.1 Å². The van der Waals surface area contributed by atoms with E-state index in [0.717, 1.165) is 0 Å². The molecular weight excluding hydrogens is 441 g/mol. The van der Waals surface area contributed by atoms with Gasteiger partial charge in [0.15, 0.2) is 5.65 Å². The van der Waals surface area contributed by atoms with Crippen LogP contribution >= 0.6 is 0 Å². The molecule has 3 aromatic rings. The number of carbonyl (C=O) groups excluding carboxylic acids is 1. The minimum atomic E-state index is -0.863. The number of aromatic nitrogens is 4. The van der Waals surface area contributed by atoms with Gasteiger partial charge in [-0.15, -0.1) is 0 Å². The number of alkyl halides is 1. The van der Waals surface area contributed by atoms with Crippen LogP contribution in [0.4, 0.5) is 21.7 Å². The highest BCUT2D eigenvalue weighted by Gasteiger charge is 2.34. The second-order valence-corrected chi connectivity index (χ2v) is 9.46. The molecule has 0 aliphatic heterocycles. The first-order chi connectivity index (χ1) is 16.2. The Kier molecular flexibility index (Phi) is 5.51. The standard InChI is InChI=1S/C23H28FN7O3/c1-23(34)6-5-14(11-23)27-21(32)16-12-26-31-19(25-2)10-18(29-20(16)31)28-17-4-3-7-30(22(17)33)15-8-13(24)9-15/h3-4,7,10,12-15,25,34H,5-6,8-9,11H2,1-2H3,(H,27,32)(H,28,29)/t13?,14-,15?,23-/m0/s1. The van der Waals surface area contributed by atoms with Gasteiger partial charge in [-0.2, -0.15) is 9.61 Å². The van der Waals surface area contributed by atoms with Crippen LogP contribution in [0.3, 0.4) is 0 Å². The lowest BCUT2D eigenvalue weighted by molar-refractivity contribution is 0.0647. The second-order valence-electron chi connectivity index (χ2n) is 9.46. The van der Waals surface area contributed by atoms with Gasteiger partial charge in [-0.3, -0.25) is 9.59 Å². The largest absolute Gasteiger partial charge is 0.390 e. The minimum absolute atomic E-state index is 0.124. The average molecular weight is 470 g/mol. The third-order valence-corrected chi connectivity index (χ3v) is 6.71. The predicted octanol–water partition coefficient (Wildman–Crippen LogP) is 2.38. The van der Waals surface area contributed by atoms with E-state index in [0.29, 0.717) is 60.6 Å². The number of hydrogen-bond acceptors (Lipinski definition) is 7. The smallest absolute Gasteiger partial charge is 0.274 e. The Bertz CT molecular complexity index is 1300. The highest BCUT2D eigenvalue weighted by atomic mass is 19.1. The van der Waals surface area contributed by atoms with Crippen LogP contribution in [-0.4, -0.2) is 55.0 Å². The van der Waals surface area contributed by atoms with Gasteiger partial charge in [0.1, 0.15) is 29.1 Å². The molecule has 2 fully saturated rings. The molecule has 1 amide bonds. The fourth-order valence-corrected chi connectivity index (χ4v) is 4.75. The van der Waals surface area contributed by atoms with E-state index in [1.807, 2.05) is 0 Å². The summed E-state index contributed by atoms with van der Waals surface area (Å²) in [6.07, 6.45) is 4.75. The Morgan fingerprint density at radius 1 is 1.35 bits per heavy atom. The Balaban J connectivity index is 1.43. The van der Waals surface area contributed by atoms with Crippen LogP contribution in [0.15, 0.2) is 35.4 Å². The summed E-state index contributed by atoms with van der Waals surface area (Å²) in [5, 5.41) is 23.5. The van der Waals surface area contributed by atoms with Gasteiger partial charge in [0.2, 0.25) is 0 Å². The number of carbonyl (C=O) groups is 1. The van der Waals surface area contributed by atoms with E-state index < -0.39 is 11.8 Å². The van der Waals surface area contributed by atoms with Crippen molar-refractivity contribution >= 4 is 28.9 Å². The first kappa shape index (κ1) is 22.3. The van der Waals surface area contributed by atoms with E-state index in [1.54, 1.807) is 42.9 Å². The maximum atomic E-state index is 13.3. The first-order valence-electron chi connectivity index (χ1n) is 11.5. The predicted molar refractivity (Wildman–Crippen MR) is 125 cm³/mol. The summed E-state index contributed by atoms with van der Waals surface area (Å²) < 4.78 is 16.4. The fourth-order valence-electron chi connectivity index (χ4n) is 4.75. The van der Waals surface area contributed by atoms with Crippen molar-refractivity contribution in [2.24, 2.45) is 0 Å². The molecule has 0 bridgehead atoms. The molecule has 3 aromatic heterocycles. The van der Waals surface area contributed by atoms with E-state index in [2.05, 4.69) is 26.0 Å². The first-order valence-corrected chi connectivity index (χ1v) is 11.5. The van der Waals surface area contributed by atoms with Gasteiger partial charge in [-0.25, -0.2) is 9.37 Å². The van der Waals surface area contributed by atoms with Gasteiger partial charge in [0, 0.05) is 31.4 Å². The average Bonchev–Trinajstić information content (AvgIpc) is 3.35. The third kappa shape index (κ3) is 4.11. The van der Waals surface area contributed by atoms with Crippen molar-refractivity contribution in [3.8, 4) is 0 Å². The third-order valence-electron chi connectivity index (χ3n) is 6.71. The zero-order chi connectivity index (χ0) is 24.0. The number of nitrogens with zero attached hydrogens (tertiary/aromatic N) is 4. The summed E-state index contributed by atoms with van der Waals surface area (Å²) in [7, 11) is 1.72. The number of nitrogens with one attached hydrogen (secondary N) is 3. The molecule has 2 atom stereocenters. The summed E-state index contributed by atoms with van der Waals surface area (Å²) in [6.45, 7) is 1.77. The molecule has 2 aliphatic rings. The molecule has 180 valence electrons.